The summed E-state index contributed by atoms with van der Waals surface area (Å²) in [5, 5.41) is 3.67. The van der Waals surface area contributed by atoms with Crippen LogP contribution in [0.2, 0.25) is 0 Å². The number of pyridine rings is 1. The van der Waals surface area contributed by atoms with Gasteiger partial charge in [-0.25, -0.2) is 9.78 Å². The molecule has 1 N–H and O–H groups in total. The maximum atomic E-state index is 13.0. The molecule has 0 aliphatic rings. The molecule has 0 bridgehead atoms. The first-order valence-electron chi connectivity index (χ1n) is 12.0. The van der Waals surface area contributed by atoms with Crippen LogP contribution >= 0.6 is 0 Å². The van der Waals surface area contributed by atoms with Gasteiger partial charge in [0, 0.05) is 17.3 Å². The molecule has 37 heavy (non-hydrogen) atoms. The van der Waals surface area contributed by atoms with Crippen LogP contribution in [0.15, 0.2) is 72.9 Å². The van der Waals surface area contributed by atoms with Crippen LogP contribution in [0.1, 0.15) is 57.0 Å². The Morgan fingerprint density at radius 1 is 0.946 bits per heavy atom. The summed E-state index contributed by atoms with van der Waals surface area (Å²) in [6, 6.07) is 16.7. The summed E-state index contributed by atoms with van der Waals surface area (Å²) in [5.41, 5.74) is 1.14. The number of hydrogen-bond acceptors (Lipinski definition) is 4. The van der Waals surface area contributed by atoms with Crippen LogP contribution < -0.4 is 10.1 Å². The van der Waals surface area contributed by atoms with Crippen LogP contribution in [-0.2, 0) is 6.18 Å². The molecular weight excluding hydrogens is 479 g/mol. The van der Waals surface area contributed by atoms with Crippen LogP contribution in [0.25, 0.3) is 16.9 Å². The molecule has 194 valence electrons. The fraction of sp³-hybridized carbons (Fsp3) is 0.310. The maximum absolute atomic E-state index is 13.0. The van der Waals surface area contributed by atoms with E-state index in [1.54, 1.807) is 24.3 Å². The zero-order valence-electron chi connectivity index (χ0n) is 21.5. The SMILES string of the molecule is CC(C)(C)CC(C)(C)Nc1c(-c2ccc(OC(=O)c3cccc(C(F)(F)F)c3)cc2)nc2ccccn12. The van der Waals surface area contributed by atoms with Gasteiger partial charge in [-0.05, 0) is 80.3 Å². The minimum absolute atomic E-state index is 0.113. The Bertz CT molecular complexity index is 1420. The normalized spacial score (nSPS) is 12.5. The fourth-order valence-corrected chi connectivity index (χ4v) is 4.68. The molecular formula is C29H30F3N3O2. The molecule has 0 unspecified atom stereocenters. The molecule has 2 aromatic heterocycles. The van der Waals surface area contributed by atoms with Crippen molar-refractivity contribution in [3.05, 3.63) is 84.1 Å². The van der Waals surface area contributed by atoms with Crippen molar-refractivity contribution in [2.45, 2.75) is 52.8 Å². The Kier molecular flexibility index (Phi) is 6.79. The van der Waals surface area contributed by atoms with E-state index in [0.717, 1.165) is 41.3 Å². The summed E-state index contributed by atoms with van der Waals surface area (Å²) in [5.74, 6) is 0.203. The minimum atomic E-state index is -4.54. The number of aromatic nitrogens is 2. The second-order valence-corrected chi connectivity index (χ2v) is 11.0. The molecule has 0 aliphatic carbocycles. The molecule has 8 heteroatoms. The fourth-order valence-electron chi connectivity index (χ4n) is 4.68. The lowest BCUT2D eigenvalue weighted by atomic mass is 9.82. The van der Waals surface area contributed by atoms with Crippen LogP contribution in [0.4, 0.5) is 19.0 Å². The van der Waals surface area contributed by atoms with Crippen molar-refractivity contribution in [3.8, 4) is 17.0 Å². The molecule has 0 aliphatic heterocycles. The molecule has 0 atom stereocenters. The highest BCUT2D eigenvalue weighted by atomic mass is 19.4. The van der Waals surface area contributed by atoms with Crippen LogP contribution in [0, 0.1) is 5.41 Å². The second-order valence-electron chi connectivity index (χ2n) is 11.0. The van der Waals surface area contributed by atoms with Gasteiger partial charge in [-0.2, -0.15) is 13.2 Å². The average Bonchev–Trinajstić information content (AvgIpc) is 3.15. The van der Waals surface area contributed by atoms with Crippen molar-refractivity contribution in [2.75, 3.05) is 5.32 Å². The van der Waals surface area contributed by atoms with E-state index in [0.29, 0.717) is 0 Å². The first kappa shape index (κ1) is 26.3. The number of anilines is 1. The topological polar surface area (TPSA) is 55.6 Å². The van der Waals surface area contributed by atoms with Crippen LogP contribution in [0.3, 0.4) is 0 Å². The predicted octanol–water partition coefficient (Wildman–Crippen LogP) is 7.87. The van der Waals surface area contributed by atoms with Gasteiger partial charge in [-0.3, -0.25) is 4.40 Å². The molecule has 2 heterocycles. The van der Waals surface area contributed by atoms with Crippen molar-refractivity contribution in [3.63, 3.8) is 0 Å². The van der Waals surface area contributed by atoms with Crippen molar-refractivity contribution >= 4 is 17.4 Å². The molecule has 0 amide bonds. The number of nitrogens with one attached hydrogen (secondary N) is 1. The van der Waals surface area contributed by atoms with E-state index in [9.17, 15) is 18.0 Å². The first-order chi connectivity index (χ1) is 17.2. The lowest BCUT2D eigenvalue weighted by Gasteiger charge is -2.34. The Balaban J connectivity index is 1.61. The van der Waals surface area contributed by atoms with Gasteiger partial charge in [0.25, 0.3) is 0 Å². The van der Waals surface area contributed by atoms with E-state index in [4.69, 9.17) is 9.72 Å². The smallest absolute Gasteiger partial charge is 0.416 e. The van der Waals surface area contributed by atoms with Gasteiger partial charge in [-0.15, -0.1) is 0 Å². The summed E-state index contributed by atoms with van der Waals surface area (Å²) >= 11 is 0. The number of fused-ring (bicyclic) bond motifs is 1. The Hall–Kier alpha value is -3.81. The molecule has 0 radical (unpaired) electrons. The molecule has 5 nitrogen and oxygen atoms in total. The number of alkyl halides is 3. The standard InChI is InChI=1S/C29H30F3N3O2/c1-27(2,3)18-28(4,5)34-25-24(33-23-11-6-7-16-35(23)25)19-12-14-22(15-13-19)37-26(36)20-9-8-10-21(17-20)29(30,31)32/h6-17,34H,18H2,1-5H3. The Labute approximate surface area is 214 Å². The molecule has 2 aromatic carbocycles. The number of benzene rings is 2. The van der Waals surface area contributed by atoms with Gasteiger partial charge in [0.2, 0.25) is 0 Å². The van der Waals surface area contributed by atoms with Crippen LogP contribution in [-0.4, -0.2) is 20.9 Å². The van der Waals surface area contributed by atoms with Crippen LogP contribution in [0.5, 0.6) is 5.75 Å². The molecule has 4 aromatic rings. The minimum Gasteiger partial charge on any atom is -0.423 e. The van der Waals surface area contributed by atoms with Gasteiger partial charge in [0.1, 0.15) is 22.9 Å². The number of halogens is 3. The quantitative estimate of drug-likeness (QED) is 0.212. The van der Waals surface area contributed by atoms with Gasteiger partial charge in [0.15, 0.2) is 0 Å². The van der Waals surface area contributed by atoms with Gasteiger partial charge in [0.05, 0.1) is 11.1 Å². The predicted molar refractivity (Wildman–Crippen MR) is 139 cm³/mol. The van der Waals surface area contributed by atoms with Gasteiger partial charge in [-0.1, -0.05) is 32.9 Å². The van der Waals surface area contributed by atoms with E-state index < -0.39 is 17.7 Å². The van der Waals surface area contributed by atoms with E-state index >= 15 is 0 Å². The van der Waals surface area contributed by atoms with Crippen molar-refractivity contribution in [1.82, 2.24) is 9.38 Å². The first-order valence-corrected chi connectivity index (χ1v) is 12.0. The number of imidazole rings is 1. The molecule has 0 saturated heterocycles. The van der Waals surface area contributed by atoms with E-state index in [1.165, 1.54) is 12.1 Å². The zero-order chi connectivity index (χ0) is 27.0. The van der Waals surface area contributed by atoms with Crippen molar-refractivity contribution < 1.29 is 22.7 Å². The highest BCUT2D eigenvalue weighted by Gasteiger charge is 2.31. The number of rotatable bonds is 6. The monoisotopic (exact) mass is 509 g/mol. The van der Waals surface area contributed by atoms with Crippen molar-refractivity contribution in [2.24, 2.45) is 5.41 Å². The Morgan fingerprint density at radius 3 is 2.30 bits per heavy atom. The van der Waals surface area contributed by atoms with Gasteiger partial charge < -0.3 is 10.1 Å². The average molecular weight is 510 g/mol. The highest BCUT2D eigenvalue weighted by Crippen LogP contribution is 2.35. The summed E-state index contributed by atoms with van der Waals surface area (Å²) in [4.78, 5) is 17.3. The lowest BCUT2D eigenvalue weighted by Crippen LogP contribution is -2.36. The number of esters is 1. The zero-order valence-corrected chi connectivity index (χ0v) is 21.5. The largest absolute Gasteiger partial charge is 0.423 e. The number of nitrogens with zero attached hydrogens (tertiary/aromatic N) is 2. The third kappa shape index (κ3) is 6.31. The highest BCUT2D eigenvalue weighted by molar-refractivity contribution is 5.91. The van der Waals surface area contributed by atoms with Crippen molar-refractivity contribution in [1.29, 1.82) is 0 Å². The van der Waals surface area contributed by atoms with Gasteiger partial charge >= 0.3 is 12.1 Å². The summed E-state index contributed by atoms with van der Waals surface area (Å²) < 4.78 is 46.3. The lowest BCUT2D eigenvalue weighted by molar-refractivity contribution is -0.137. The summed E-state index contributed by atoms with van der Waals surface area (Å²) in [6.45, 7) is 10.9. The van der Waals surface area contributed by atoms with E-state index in [-0.39, 0.29) is 22.3 Å². The third-order valence-electron chi connectivity index (χ3n) is 5.72. The molecule has 0 fully saturated rings. The summed E-state index contributed by atoms with van der Waals surface area (Å²) in [6.07, 6.45) is -1.67. The number of carbonyl (C=O) groups excluding carboxylic acids is 1. The number of carbonyl (C=O) groups is 1. The van der Waals surface area contributed by atoms with E-state index in [1.807, 2.05) is 28.8 Å². The second kappa shape index (κ2) is 9.57. The number of hydrogen-bond donors (Lipinski definition) is 1. The molecule has 4 rings (SSSR count). The van der Waals surface area contributed by atoms with E-state index in [2.05, 4.69) is 39.9 Å². The summed E-state index contributed by atoms with van der Waals surface area (Å²) in [7, 11) is 0. The molecule has 0 saturated carbocycles. The molecule has 0 spiro atoms. The number of ether oxygens (including phenoxy) is 1. The Morgan fingerprint density at radius 2 is 1.65 bits per heavy atom. The maximum Gasteiger partial charge on any atom is 0.416 e. The third-order valence-corrected chi connectivity index (χ3v) is 5.72.